The fourth-order valence-electron chi connectivity index (χ4n) is 2.25. The van der Waals surface area contributed by atoms with Gasteiger partial charge in [-0.3, -0.25) is 14.6 Å². The van der Waals surface area contributed by atoms with Gasteiger partial charge in [-0.1, -0.05) is 29.8 Å². The fraction of sp³-hybridized carbons (Fsp3) is 0. The molecule has 2 N–H and O–H groups in total. The molecule has 1 aromatic heterocycles. The second-order valence-electron chi connectivity index (χ2n) is 5.20. The third kappa shape index (κ3) is 4.22. The molecule has 0 aliphatic rings. The first-order chi connectivity index (χ1) is 12.1. The van der Waals surface area contributed by atoms with Crippen LogP contribution in [0.5, 0.6) is 0 Å². The Morgan fingerprint density at radius 2 is 1.60 bits per heavy atom. The number of carbonyl (C=O) groups excluding carboxylic acids is 2. The Balaban J connectivity index is 1.81. The molecule has 0 atom stereocenters. The lowest BCUT2D eigenvalue weighted by Gasteiger charge is -2.11. The highest BCUT2D eigenvalue weighted by Gasteiger charge is 2.14. The van der Waals surface area contributed by atoms with E-state index in [0.29, 0.717) is 27.5 Å². The Kier molecular flexibility index (Phi) is 5.06. The average Bonchev–Trinajstić information content (AvgIpc) is 2.63. The van der Waals surface area contributed by atoms with Crippen molar-refractivity contribution in [2.45, 2.75) is 0 Å². The van der Waals surface area contributed by atoms with E-state index in [1.54, 1.807) is 60.7 Å². The molecule has 124 valence electrons. The molecule has 0 aliphatic carbocycles. The molecular formula is C19H14ClN3O2. The van der Waals surface area contributed by atoms with Gasteiger partial charge in [-0.25, -0.2) is 0 Å². The van der Waals surface area contributed by atoms with Crippen LogP contribution in [0.3, 0.4) is 0 Å². The highest BCUT2D eigenvalue weighted by atomic mass is 35.5. The molecule has 0 unspecified atom stereocenters. The van der Waals surface area contributed by atoms with Crippen LogP contribution < -0.4 is 10.6 Å². The number of halogens is 1. The van der Waals surface area contributed by atoms with Crippen molar-refractivity contribution in [3.63, 3.8) is 0 Å². The maximum Gasteiger partial charge on any atom is 0.257 e. The third-order valence-corrected chi connectivity index (χ3v) is 3.68. The van der Waals surface area contributed by atoms with Gasteiger partial charge in [0.1, 0.15) is 0 Å². The molecular weight excluding hydrogens is 338 g/mol. The molecule has 6 heteroatoms. The SMILES string of the molecule is O=C(Nc1ccccc1C(=O)Nc1cccc(Cl)c1)c1ccncc1. The molecule has 0 saturated carbocycles. The van der Waals surface area contributed by atoms with Crippen molar-refractivity contribution in [1.82, 2.24) is 4.98 Å². The molecule has 25 heavy (non-hydrogen) atoms. The summed E-state index contributed by atoms with van der Waals surface area (Å²) in [5.41, 5.74) is 1.81. The summed E-state index contributed by atoms with van der Waals surface area (Å²) in [5.74, 6) is -0.654. The molecule has 3 aromatic rings. The summed E-state index contributed by atoms with van der Waals surface area (Å²) in [7, 11) is 0. The maximum atomic E-state index is 12.5. The van der Waals surface area contributed by atoms with E-state index in [1.165, 1.54) is 12.4 Å². The number of pyridine rings is 1. The molecule has 2 aromatic carbocycles. The molecule has 0 fully saturated rings. The van der Waals surface area contributed by atoms with Crippen molar-refractivity contribution in [3.05, 3.63) is 89.2 Å². The third-order valence-electron chi connectivity index (χ3n) is 3.44. The topological polar surface area (TPSA) is 71.1 Å². The predicted molar refractivity (Wildman–Crippen MR) is 98.0 cm³/mol. The van der Waals surface area contributed by atoms with Crippen molar-refractivity contribution in [3.8, 4) is 0 Å². The van der Waals surface area contributed by atoms with E-state index >= 15 is 0 Å². The van der Waals surface area contributed by atoms with Gasteiger partial charge in [0.25, 0.3) is 11.8 Å². The van der Waals surface area contributed by atoms with E-state index < -0.39 is 0 Å². The quantitative estimate of drug-likeness (QED) is 0.738. The predicted octanol–water partition coefficient (Wildman–Crippen LogP) is 4.24. The summed E-state index contributed by atoms with van der Waals surface area (Å²) < 4.78 is 0. The number of carbonyl (C=O) groups is 2. The zero-order valence-corrected chi connectivity index (χ0v) is 13.8. The number of nitrogens with zero attached hydrogens (tertiary/aromatic N) is 1. The van der Waals surface area contributed by atoms with Gasteiger partial charge >= 0.3 is 0 Å². The average molecular weight is 352 g/mol. The second kappa shape index (κ2) is 7.59. The van der Waals surface area contributed by atoms with Gasteiger partial charge in [-0.15, -0.1) is 0 Å². The van der Waals surface area contributed by atoms with Crippen molar-refractivity contribution in [1.29, 1.82) is 0 Å². The molecule has 0 bridgehead atoms. The van der Waals surface area contributed by atoms with E-state index in [1.807, 2.05) is 0 Å². The summed E-state index contributed by atoms with van der Waals surface area (Å²) in [6.45, 7) is 0. The lowest BCUT2D eigenvalue weighted by Crippen LogP contribution is -2.18. The molecule has 2 amide bonds. The van der Waals surface area contributed by atoms with Crippen molar-refractivity contribution in [2.75, 3.05) is 10.6 Å². The largest absolute Gasteiger partial charge is 0.322 e. The monoisotopic (exact) mass is 351 g/mol. The summed E-state index contributed by atoms with van der Waals surface area (Å²) in [6.07, 6.45) is 3.07. The van der Waals surface area contributed by atoms with E-state index in [2.05, 4.69) is 15.6 Å². The molecule has 0 spiro atoms. The first kappa shape index (κ1) is 16.7. The zero-order valence-electron chi connectivity index (χ0n) is 13.1. The molecule has 1 heterocycles. The Labute approximate surface area is 149 Å². The van der Waals surface area contributed by atoms with Gasteiger partial charge in [0.05, 0.1) is 11.3 Å². The van der Waals surface area contributed by atoms with Gasteiger partial charge in [0.2, 0.25) is 0 Å². The number of para-hydroxylation sites is 1. The van der Waals surface area contributed by atoms with Crippen LogP contribution >= 0.6 is 11.6 Å². The fourth-order valence-corrected chi connectivity index (χ4v) is 2.44. The Bertz CT molecular complexity index is 913. The van der Waals surface area contributed by atoms with E-state index in [9.17, 15) is 9.59 Å². The standard InChI is InChI=1S/C19H14ClN3O2/c20-14-4-3-5-15(12-14)22-19(25)16-6-1-2-7-17(16)23-18(24)13-8-10-21-11-9-13/h1-12H,(H,22,25)(H,23,24). The lowest BCUT2D eigenvalue weighted by molar-refractivity contribution is 0.102. The zero-order chi connectivity index (χ0) is 17.6. The number of hydrogen-bond donors (Lipinski definition) is 2. The second-order valence-corrected chi connectivity index (χ2v) is 5.64. The molecule has 0 aliphatic heterocycles. The number of hydrogen-bond acceptors (Lipinski definition) is 3. The van der Waals surface area contributed by atoms with Gasteiger partial charge in [0.15, 0.2) is 0 Å². The molecule has 5 nitrogen and oxygen atoms in total. The number of nitrogens with one attached hydrogen (secondary N) is 2. The van der Waals surface area contributed by atoms with Crippen LogP contribution in [0.2, 0.25) is 5.02 Å². The van der Waals surface area contributed by atoms with E-state index in [0.717, 1.165) is 0 Å². The van der Waals surface area contributed by atoms with Gasteiger partial charge in [-0.05, 0) is 42.5 Å². The highest BCUT2D eigenvalue weighted by Crippen LogP contribution is 2.20. The van der Waals surface area contributed by atoms with Crippen LogP contribution in [0, 0.1) is 0 Å². The van der Waals surface area contributed by atoms with Crippen molar-refractivity contribution >= 4 is 34.8 Å². The minimum Gasteiger partial charge on any atom is -0.322 e. The number of amides is 2. The number of rotatable bonds is 4. The van der Waals surface area contributed by atoms with Crippen LogP contribution in [0.4, 0.5) is 11.4 Å². The van der Waals surface area contributed by atoms with Gasteiger partial charge in [-0.2, -0.15) is 0 Å². The Morgan fingerprint density at radius 1 is 0.840 bits per heavy atom. The van der Waals surface area contributed by atoms with Crippen LogP contribution in [0.25, 0.3) is 0 Å². The highest BCUT2D eigenvalue weighted by molar-refractivity contribution is 6.31. The summed E-state index contributed by atoms with van der Waals surface area (Å²) in [5, 5.41) is 6.04. The maximum absolute atomic E-state index is 12.5. The minimum atomic E-state index is -0.340. The first-order valence-corrected chi connectivity index (χ1v) is 7.88. The Morgan fingerprint density at radius 3 is 2.36 bits per heavy atom. The van der Waals surface area contributed by atoms with Gasteiger partial charge < -0.3 is 10.6 Å². The molecule has 0 saturated heterocycles. The number of benzene rings is 2. The van der Waals surface area contributed by atoms with E-state index in [4.69, 9.17) is 11.6 Å². The van der Waals surface area contributed by atoms with Crippen molar-refractivity contribution < 1.29 is 9.59 Å². The smallest absolute Gasteiger partial charge is 0.257 e. The number of aromatic nitrogens is 1. The van der Waals surface area contributed by atoms with Crippen LogP contribution in [-0.2, 0) is 0 Å². The molecule has 0 radical (unpaired) electrons. The number of anilines is 2. The van der Waals surface area contributed by atoms with Crippen LogP contribution in [0.1, 0.15) is 20.7 Å². The lowest BCUT2D eigenvalue weighted by atomic mass is 10.1. The Hall–Kier alpha value is -3.18. The first-order valence-electron chi connectivity index (χ1n) is 7.51. The normalized spacial score (nSPS) is 10.1. The minimum absolute atomic E-state index is 0.314. The van der Waals surface area contributed by atoms with Crippen molar-refractivity contribution in [2.24, 2.45) is 0 Å². The van der Waals surface area contributed by atoms with Gasteiger partial charge in [0, 0.05) is 28.7 Å². The molecule has 3 rings (SSSR count). The summed E-state index contributed by atoms with van der Waals surface area (Å²) in [4.78, 5) is 28.7. The summed E-state index contributed by atoms with van der Waals surface area (Å²) >= 11 is 5.93. The van der Waals surface area contributed by atoms with Crippen LogP contribution in [-0.4, -0.2) is 16.8 Å². The van der Waals surface area contributed by atoms with E-state index in [-0.39, 0.29) is 11.8 Å². The van der Waals surface area contributed by atoms with Crippen LogP contribution in [0.15, 0.2) is 73.1 Å². The summed E-state index contributed by atoms with van der Waals surface area (Å²) in [6, 6.07) is 16.9.